The quantitative estimate of drug-likeness (QED) is 0.730. The third-order valence-corrected chi connectivity index (χ3v) is 2.46. The van der Waals surface area contributed by atoms with Crippen molar-refractivity contribution in [1.29, 1.82) is 0 Å². The summed E-state index contributed by atoms with van der Waals surface area (Å²) in [5.41, 5.74) is 2.71. The van der Waals surface area contributed by atoms with E-state index in [9.17, 15) is 0 Å². The standard InChI is InChI=1S/C9H11Cl2NO/c1-6-8(4-11)12-5-7(3-10)9(6)13-2/h5H,3-4H2,1-2H3. The Hall–Kier alpha value is -0.470. The van der Waals surface area contributed by atoms with Gasteiger partial charge in [0, 0.05) is 17.3 Å². The first kappa shape index (κ1) is 10.6. The second-order valence-corrected chi connectivity index (χ2v) is 3.19. The van der Waals surface area contributed by atoms with Crippen molar-refractivity contribution in [1.82, 2.24) is 4.98 Å². The topological polar surface area (TPSA) is 22.1 Å². The number of methoxy groups -OCH3 is 1. The van der Waals surface area contributed by atoms with E-state index in [1.165, 1.54) is 0 Å². The van der Waals surface area contributed by atoms with E-state index in [-0.39, 0.29) is 0 Å². The lowest BCUT2D eigenvalue weighted by Gasteiger charge is -2.11. The summed E-state index contributed by atoms with van der Waals surface area (Å²) in [6, 6.07) is 0. The number of pyridine rings is 1. The molecule has 1 aromatic rings. The van der Waals surface area contributed by atoms with Crippen molar-refractivity contribution in [2.24, 2.45) is 0 Å². The molecule has 0 unspecified atom stereocenters. The molecule has 0 aliphatic heterocycles. The molecule has 4 heteroatoms. The lowest BCUT2D eigenvalue weighted by molar-refractivity contribution is 0.406. The molecule has 0 aliphatic rings. The molecule has 1 aromatic heterocycles. The number of halogens is 2. The van der Waals surface area contributed by atoms with Gasteiger partial charge in [0.05, 0.1) is 24.6 Å². The van der Waals surface area contributed by atoms with Crippen LogP contribution in [-0.4, -0.2) is 12.1 Å². The van der Waals surface area contributed by atoms with Gasteiger partial charge in [-0.3, -0.25) is 4.98 Å². The average Bonchev–Trinajstić information content (AvgIpc) is 2.17. The fourth-order valence-corrected chi connectivity index (χ4v) is 1.66. The first-order chi connectivity index (χ1) is 6.24. The van der Waals surface area contributed by atoms with E-state index in [0.29, 0.717) is 11.8 Å². The van der Waals surface area contributed by atoms with Crippen LogP contribution in [0.1, 0.15) is 16.8 Å². The summed E-state index contributed by atoms with van der Waals surface area (Å²) in [5, 5.41) is 0. The molecule has 0 bridgehead atoms. The number of ether oxygens (including phenoxy) is 1. The monoisotopic (exact) mass is 219 g/mol. The number of nitrogens with zero attached hydrogens (tertiary/aromatic N) is 1. The Kier molecular flexibility index (Phi) is 3.82. The number of hydrogen-bond donors (Lipinski definition) is 0. The zero-order valence-corrected chi connectivity index (χ0v) is 9.11. The van der Waals surface area contributed by atoms with E-state index in [0.717, 1.165) is 22.6 Å². The SMILES string of the molecule is COc1c(CCl)cnc(CCl)c1C. The van der Waals surface area contributed by atoms with E-state index in [1.807, 2.05) is 6.92 Å². The summed E-state index contributed by atoms with van der Waals surface area (Å²) in [6.45, 7) is 1.93. The van der Waals surface area contributed by atoms with Crippen LogP contribution in [0, 0.1) is 6.92 Å². The maximum absolute atomic E-state index is 5.73. The van der Waals surface area contributed by atoms with Gasteiger partial charge in [0.25, 0.3) is 0 Å². The highest BCUT2D eigenvalue weighted by atomic mass is 35.5. The summed E-state index contributed by atoms with van der Waals surface area (Å²) in [7, 11) is 1.62. The van der Waals surface area contributed by atoms with E-state index in [4.69, 9.17) is 27.9 Å². The number of alkyl halides is 2. The Morgan fingerprint density at radius 2 is 2.08 bits per heavy atom. The molecule has 0 atom stereocenters. The second-order valence-electron chi connectivity index (χ2n) is 2.66. The molecule has 13 heavy (non-hydrogen) atoms. The lowest BCUT2D eigenvalue weighted by Crippen LogP contribution is -1.99. The average molecular weight is 220 g/mol. The first-order valence-electron chi connectivity index (χ1n) is 3.87. The van der Waals surface area contributed by atoms with Crippen molar-refractivity contribution in [2.75, 3.05) is 7.11 Å². The first-order valence-corrected chi connectivity index (χ1v) is 4.94. The van der Waals surface area contributed by atoms with Gasteiger partial charge in [-0.1, -0.05) is 0 Å². The molecule has 0 spiro atoms. The largest absolute Gasteiger partial charge is 0.496 e. The highest BCUT2D eigenvalue weighted by Crippen LogP contribution is 2.26. The van der Waals surface area contributed by atoms with Crippen LogP contribution in [0.25, 0.3) is 0 Å². The van der Waals surface area contributed by atoms with Gasteiger partial charge in [0.1, 0.15) is 5.75 Å². The Morgan fingerprint density at radius 1 is 1.38 bits per heavy atom. The Bertz CT molecular complexity index is 302. The minimum absolute atomic E-state index is 0.394. The molecule has 1 heterocycles. The van der Waals surface area contributed by atoms with Gasteiger partial charge in [-0.25, -0.2) is 0 Å². The van der Waals surface area contributed by atoms with Crippen molar-refractivity contribution in [3.8, 4) is 5.75 Å². The molecule has 1 rings (SSSR count). The number of aromatic nitrogens is 1. The molecule has 0 saturated heterocycles. The van der Waals surface area contributed by atoms with Crippen LogP contribution in [0.3, 0.4) is 0 Å². The van der Waals surface area contributed by atoms with E-state index >= 15 is 0 Å². The number of rotatable bonds is 3. The minimum Gasteiger partial charge on any atom is -0.496 e. The van der Waals surface area contributed by atoms with Crippen molar-refractivity contribution in [3.05, 3.63) is 23.0 Å². The van der Waals surface area contributed by atoms with Gasteiger partial charge in [-0.15, -0.1) is 23.2 Å². The normalized spacial score (nSPS) is 10.2. The van der Waals surface area contributed by atoms with Crippen molar-refractivity contribution in [3.63, 3.8) is 0 Å². The Balaban J connectivity index is 3.23. The zero-order valence-electron chi connectivity index (χ0n) is 7.60. The lowest BCUT2D eigenvalue weighted by atomic mass is 10.1. The molecule has 0 radical (unpaired) electrons. The summed E-state index contributed by atoms with van der Waals surface area (Å²) in [6.07, 6.45) is 1.70. The van der Waals surface area contributed by atoms with Crippen LogP contribution >= 0.6 is 23.2 Å². The van der Waals surface area contributed by atoms with Gasteiger partial charge in [-0.2, -0.15) is 0 Å². The molecule has 0 amide bonds. The Morgan fingerprint density at radius 3 is 2.54 bits per heavy atom. The van der Waals surface area contributed by atoms with E-state index < -0.39 is 0 Å². The summed E-state index contributed by atoms with van der Waals surface area (Å²) >= 11 is 11.4. The van der Waals surface area contributed by atoms with Crippen molar-refractivity contribution in [2.45, 2.75) is 18.7 Å². The van der Waals surface area contributed by atoms with Crippen molar-refractivity contribution >= 4 is 23.2 Å². The van der Waals surface area contributed by atoms with Crippen LogP contribution in [0.15, 0.2) is 6.20 Å². The molecule has 2 nitrogen and oxygen atoms in total. The van der Waals surface area contributed by atoms with E-state index in [2.05, 4.69) is 4.98 Å². The molecule has 0 aliphatic carbocycles. The summed E-state index contributed by atoms with van der Waals surface area (Å²) in [5.74, 6) is 1.59. The number of hydrogen-bond acceptors (Lipinski definition) is 2. The molecule has 0 N–H and O–H groups in total. The maximum atomic E-state index is 5.73. The van der Waals surface area contributed by atoms with Crippen LogP contribution in [0.5, 0.6) is 5.75 Å². The van der Waals surface area contributed by atoms with Gasteiger partial charge in [0.15, 0.2) is 0 Å². The van der Waals surface area contributed by atoms with Gasteiger partial charge in [0.2, 0.25) is 0 Å². The third-order valence-electron chi connectivity index (χ3n) is 1.92. The molecule has 0 fully saturated rings. The van der Waals surface area contributed by atoms with Gasteiger partial charge >= 0.3 is 0 Å². The zero-order chi connectivity index (χ0) is 9.84. The third kappa shape index (κ3) is 2.06. The van der Waals surface area contributed by atoms with Crippen LogP contribution in [0.2, 0.25) is 0 Å². The summed E-state index contributed by atoms with van der Waals surface area (Å²) in [4.78, 5) is 4.18. The minimum atomic E-state index is 0.394. The van der Waals surface area contributed by atoms with Crippen LogP contribution < -0.4 is 4.74 Å². The summed E-state index contributed by atoms with van der Waals surface area (Å²) < 4.78 is 5.23. The second kappa shape index (κ2) is 4.68. The highest BCUT2D eigenvalue weighted by molar-refractivity contribution is 6.17. The van der Waals surface area contributed by atoms with Crippen LogP contribution in [0.4, 0.5) is 0 Å². The van der Waals surface area contributed by atoms with E-state index in [1.54, 1.807) is 13.3 Å². The fraction of sp³-hybridized carbons (Fsp3) is 0.444. The molecule has 0 saturated carbocycles. The molecular formula is C9H11Cl2NO. The van der Waals surface area contributed by atoms with Crippen molar-refractivity contribution < 1.29 is 4.74 Å². The van der Waals surface area contributed by atoms with Gasteiger partial charge < -0.3 is 4.74 Å². The molecule has 0 aromatic carbocycles. The molecular weight excluding hydrogens is 209 g/mol. The van der Waals surface area contributed by atoms with Crippen LogP contribution in [-0.2, 0) is 11.8 Å². The highest BCUT2D eigenvalue weighted by Gasteiger charge is 2.09. The Labute approximate surface area is 87.8 Å². The maximum Gasteiger partial charge on any atom is 0.129 e. The molecule has 72 valence electrons. The fourth-order valence-electron chi connectivity index (χ4n) is 1.20. The smallest absolute Gasteiger partial charge is 0.129 e. The predicted molar refractivity (Wildman–Crippen MR) is 54.6 cm³/mol. The predicted octanol–water partition coefficient (Wildman–Crippen LogP) is 2.88. The van der Waals surface area contributed by atoms with Gasteiger partial charge in [-0.05, 0) is 6.92 Å².